The van der Waals surface area contributed by atoms with Crippen molar-refractivity contribution in [2.75, 3.05) is 0 Å². The molecule has 0 unspecified atom stereocenters. The predicted molar refractivity (Wildman–Crippen MR) is 193 cm³/mol. The number of halogens is 1. The van der Waals surface area contributed by atoms with Gasteiger partial charge < -0.3 is 14.4 Å². The number of pyridine rings is 2. The van der Waals surface area contributed by atoms with E-state index in [1.54, 1.807) is 18.3 Å². The Bertz CT molecular complexity index is 2350. The van der Waals surface area contributed by atoms with E-state index in [2.05, 4.69) is 90.5 Å². The van der Waals surface area contributed by atoms with E-state index in [-0.39, 0.29) is 25.9 Å². The van der Waals surface area contributed by atoms with Crippen LogP contribution in [-0.4, -0.2) is 9.97 Å². The van der Waals surface area contributed by atoms with Gasteiger partial charge in [0, 0.05) is 37.9 Å². The van der Waals surface area contributed by atoms with Crippen molar-refractivity contribution in [2.45, 2.75) is 27.2 Å². The summed E-state index contributed by atoms with van der Waals surface area (Å²) in [6.07, 6.45) is 4.54. The Labute approximate surface area is 299 Å². The van der Waals surface area contributed by atoms with Crippen LogP contribution in [0.3, 0.4) is 0 Å². The fraction of sp³-hybridized carbons (Fsp3) is 0.0909. The van der Waals surface area contributed by atoms with Gasteiger partial charge in [-0.25, -0.2) is 4.39 Å². The summed E-state index contributed by atoms with van der Waals surface area (Å²) < 4.78 is 19.3. The number of furan rings is 1. The van der Waals surface area contributed by atoms with Crippen LogP contribution < -0.4 is 0 Å². The first-order valence-electron chi connectivity index (χ1n) is 16.0. The molecule has 243 valence electrons. The normalized spacial score (nSPS) is 10.8. The number of benzene rings is 5. The summed E-state index contributed by atoms with van der Waals surface area (Å²) in [7, 11) is 0. The van der Waals surface area contributed by atoms with E-state index < -0.39 is 0 Å². The second-order valence-electron chi connectivity index (χ2n) is 12.1. The molecule has 0 N–H and O–H groups in total. The van der Waals surface area contributed by atoms with Crippen molar-refractivity contribution in [1.82, 2.24) is 9.97 Å². The van der Waals surface area contributed by atoms with Crippen LogP contribution in [0.5, 0.6) is 0 Å². The summed E-state index contributed by atoms with van der Waals surface area (Å²) in [4.78, 5) is 9.02. The monoisotopic (exact) mass is 817 g/mol. The number of rotatable bonds is 5. The molecule has 5 aromatic carbocycles. The minimum Gasteiger partial charge on any atom is -0.501 e. The van der Waals surface area contributed by atoms with Crippen LogP contribution in [0.4, 0.5) is 4.39 Å². The molecular weight excluding hydrogens is 784 g/mol. The first-order valence-corrected chi connectivity index (χ1v) is 16.0. The van der Waals surface area contributed by atoms with E-state index in [0.29, 0.717) is 0 Å². The largest absolute Gasteiger partial charge is 0.501 e. The first kappa shape index (κ1) is 33.7. The van der Waals surface area contributed by atoms with Gasteiger partial charge in [0.25, 0.3) is 0 Å². The molecule has 3 aromatic heterocycles. The van der Waals surface area contributed by atoms with E-state index in [9.17, 15) is 4.39 Å². The molecule has 0 aliphatic carbocycles. The number of fused-ring (bicyclic) bond motifs is 3. The Balaban J connectivity index is 0.000000171. The molecule has 8 aromatic rings. The Morgan fingerprint density at radius 1 is 0.694 bits per heavy atom. The van der Waals surface area contributed by atoms with E-state index >= 15 is 0 Å². The SMILES string of the molecule is Cc1c[c-]c(-c2cc(-c3ccc(F)cc3)ccn2)cc1Cc1ccccc1.Cc1ccc(-c2[c-]ccc3c2oc2cc(C)ccc23)nc1.[Ir]. The molecule has 0 amide bonds. The van der Waals surface area contributed by atoms with Gasteiger partial charge in [0.15, 0.2) is 0 Å². The van der Waals surface area contributed by atoms with Crippen molar-refractivity contribution in [3.05, 3.63) is 179 Å². The van der Waals surface area contributed by atoms with Crippen molar-refractivity contribution in [3.63, 3.8) is 0 Å². The van der Waals surface area contributed by atoms with Gasteiger partial charge in [-0.2, -0.15) is 0 Å². The van der Waals surface area contributed by atoms with Crippen molar-refractivity contribution < 1.29 is 28.9 Å². The third-order valence-corrected chi connectivity index (χ3v) is 8.48. The molecule has 0 aliphatic heterocycles. The quantitative estimate of drug-likeness (QED) is 0.162. The molecule has 5 heteroatoms. The van der Waals surface area contributed by atoms with Gasteiger partial charge in [0.05, 0.1) is 5.58 Å². The predicted octanol–water partition coefficient (Wildman–Crippen LogP) is 11.3. The first-order chi connectivity index (χ1) is 23.4. The van der Waals surface area contributed by atoms with Crippen LogP contribution >= 0.6 is 0 Å². The van der Waals surface area contributed by atoms with E-state index in [0.717, 1.165) is 67.6 Å². The smallest absolute Gasteiger partial charge is 0.123 e. The van der Waals surface area contributed by atoms with E-state index in [1.807, 2.05) is 55.6 Å². The number of nitrogens with zero attached hydrogens (tertiary/aromatic N) is 2. The molecule has 0 bridgehead atoms. The van der Waals surface area contributed by atoms with Gasteiger partial charge in [-0.05, 0) is 83.7 Å². The second kappa shape index (κ2) is 14.9. The molecule has 1 radical (unpaired) electrons. The summed E-state index contributed by atoms with van der Waals surface area (Å²) in [6.45, 7) is 6.22. The molecule has 0 saturated carbocycles. The number of hydrogen-bond donors (Lipinski definition) is 0. The topological polar surface area (TPSA) is 38.9 Å². The van der Waals surface area contributed by atoms with Crippen LogP contribution in [0, 0.1) is 38.7 Å². The van der Waals surface area contributed by atoms with Crippen LogP contribution in [0.15, 0.2) is 138 Å². The van der Waals surface area contributed by atoms with Crippen LogP contribution in [0.25, 0.3) is 55.6 Å². The summed E-state index contributed by atoms with van der Waals surface area (Å²) in [5.41, 5.74) is 13.5. The average molecular weight is 817 g/mol. The van der Waals surface area contributed by atoms with Crippen molar-refractivity contribution in [3.8, 4) is 33.6 Å². The van der Waals surface area contributed by atoms with Gasteiger partial charge in [0.1, 0.15) is 11.4 Å². The molecule has 0 aliphatic rings. The zero-order valence-corrected chi connectivity index (χ0v) is 29.8. The summed E-state index contributed by atoms with van der Waals surface area (Å²) in [5, 5.41) is 2.25. The van der Waals surface area contributed by atoms with Gasteiger partial charge >= 0.3 is 0 Å². The van der Waals surface area contributed by atoms with Crippen molar-refractivity contribution >= 4 is 21.9 Å². The van der Waals surface area contributed by atoms with E-state index in [4.69, 9.17) is 4.42 Å². The maximum atomic E-state index is 13.2. The fourth-order valence-electron chi connectivity index (χ4n) is 5.82. The summed E-state index contributed by atoms with van der Waals surface area (Å²) in [6, 6.07) is 46.1. The van der Waals surface area contributed by atoms with Gasteiger partial charge in [-0.3, -0.25) is 0 Å². The average Bonchev–Trinajstić information content (AvgIpc) is 3.48. The zero-order valence-electron chi connectivity index (χ0n) is 27.4. The molecule has 3 nitrogen and oxygen atoms in total. The Hall–Kier alpha value is -5.22. The maximum absolute atomic E-state index is 13.2. The van der Waals surface area contributed by atoms with Gasteiger partial charge in [-0.15, -0.1) is 53.1 Å². The van der Waals surface area contributed by atoms with Crippen LogP contribution in [0.2, 0.25) is 0 Å². The molecule has 49 heavy (non-hydrogen) atoms. The standard InChI is InChI=1S/C25H19FN.C19H14NO.Ir/c1-18-7-8-22(16-23(18)15-19-5-3-2-4-6-19)25-17-21(13-14-27-25)20-9-11-24(26)12-10-20;1-12-6-8-14-15-4-3-5-16(19(15)21-18(14)10-12)17-9-7-13(2)11-20-17;/h2-7,9-14,16-17H,15H2,1H3;3-4,6-11H,1-2H3;/q2*-1;. The number of hydrogen-bond acceptors (Lipinski definition) is 3. The second-order valence-corrected chi connectivity index (χ2v) is 12.1. The van der Waals surface area contributed by atoms with Crippen LogP contribution in [0.1, 0.15) is 27.8 Å². The van der Waals surface area contributed by atoms with Gasteiger partial charge in [0.2, 0.25) is 0 Å². The Morgan fingerprint density at radius 3 is 2.27 bits per heavy atom. The van der Waals surface area contributed by atoms with E-state index in [1.165, 1.54) is 34.4 Å². The fourth-order valence-corrected chi connectivity index (χ4v) is 5.82. The molecule has 8 rings (SSSR count). The molecule has 0 spiro atoms. The minimum absolute atomic E-state index is 0. The minimum atomic E-state index is -0.231. The molecule has 0 fully saturated rings. The summed E-state index contributed by atoms with van der Waals surface area (Å²) in [5.74, 6) is -0.231. The Morgan fingerprint density at radius 2 is 1.49 bits per heavy atom. The third kappa shape index (κ3) is 7.60. The molecular formula is C44H33FIrN2O-2. The number of aromatic nitrogens is 2. The zero-order chi connectivity index (χ0) is 33.0. The molecule has 3 heterocycles. The Kier molecular flexibility index (Phi) is 10.2. The summed E-state index contributed by atoms with van der Waals surface area (Å²) >= 11 is 0. The maximum Gasteiger partial charge on any atom is 0.123 e. The number of aryl methyl sites for hydroxylation is 3. The van der Waals surface area contributed by atoms with Crippen molar-refractivity contribution in [1.29, 1.82) is 0 Å². The molecule has 0 atom stereocenters. The molecule has 0 saturated heterocycles. The van der Waals surface area contributed by atoms with Crippen molar-refractivity contribution in [2.24, 2.45) is 0 Å². The van der Waals surface area contributed by atoms with Crippen LogP contribution in [-0.2, 0) is 26.5 Å². The third-order valence-electron chi connectivity index (χ3n) is 8.48. The van der Waals surface area contributed by atoms with Gasteiger partial charge in [-0.1, -0.05) is 90.7 Å².